The van der Waals surface area contributed by atoms with Crippen molar-refractivity contribution in [3.8, 4) is 0 Å². The number of nitrogens with zero attached hydrogens (tertiary/aromatic N) is 2. The van der Waals surface area contributed by atoms with Crippen molar-refractivity contribution in [3.05, 3.63) is 100.0 Å². The molecule has 5 rings (SSSR count). The number of aryl methyl sites for hydroxylation is 1. The highest BCUT2D eigenvalue weighted by Gasteiger charge is 2.29. The quantitative estimate of drug-likeness (QED) is 0.261. The molecule has 2 aliphatic heterocycles. The molecule has 2 heterocycles. The van der Waals surface area contributed by atoms with E-state index >= 15 is 0 Å². The number of carbonyl (C=O) groups excluding carboxylic acids is 2. The number of amides is 2. The largest absolute Gasteiger partial charge is 0.352 e. The van der Waals surface area contributed by atoms with Gasteiger partial charge in [0.25, 0.3) is 11.8 Å². The maximum Gasteiger partial charge on any atom is 0.265 e. The number of rotatable bonds is 8. The van der Waals surface area contributed by atoms with E-state index in [-0.39, 0.29) is 11.8 Å². The van der Waals surface area contributed by atoms with Crippen molar-refractivity contribution in [2.75, 3.05) is 31.1 Å². The first-order chi connectivity index (χ1) is 19.0. The Morgan fingerprint density at radius 1 is 1.05 bits per heavy atom. The Bertz CT molecular complexity index is 1350. The maximum absolute atomic E-state index is 13.6. The van der Waals surface area contributed by atoms with Crippen LogP contribution in [0.2, 0.25) is 0 Å². The molecule has 0 spiro atoms. The van der Waals surface area contributed by atoms with E-state index in [0.717, 1.165) is 40.6 Å². The number of fused-ring (bicyclic) bond motifs is 1. The molecule has 2 aliphatic rings. The summed E-state index contributed by atoms with van der Waals surface area (Å²) in [5, 5.41) is 3.06. The molecule has 1 fully saturated rings. The van der Waals surface area contributed by atoms with Gasteiger partial charge >= 0.3 is 0 Å². The molecule has 0 radical (unpaired) electrons. The molecular formula is C33H37N3O2S. The van der Waals surface area contributed by atoms with Crippen LogP contribution in [0.4, 0.5) is 5.69 Å². The van der Waals surface area contributed by atoms with Gasteiger partial charge in [-0.25, -0.2) is 0 Å². The summed E-state index contributed by atoms with van der Waals surface area (Å²) in [7, 11) is 0. The number of hydrogen-bond donors (Lipinski definition) is 1. The zero-order valence-corrected chi connectivity index (χ0v) is 23.7. The molecule has 5 nitrogen and oxygen atoms in total. The van der Waals surface area contributed by atoms with Gasteiger partial charge in [-0.1, -0.05) is 67.2 Å². The summed E-state index contributed by atoms with van der Waals surface area (Å²) in [5.74, 6) is 0.713. The fourth-order valence-corrected chi connectivity index (χ4v) is 6.41. The number of nitrogens with one attached hydrogen (secondary N) is 1. The highest BCUT2D eigenvalue weighted by molar-refractivity contribution is 8.04. The summed E-state index contributed by atoms with van der Waals surface area (Å²) in [6.07, 6.45) is 5.49. The van der Waals surface area contributed by atoms with Crippen LogP contribution >= 0.6 is 11.8 Å². The molecule has 1 N–H and O–H groups in total. The summed E-state index contributed by atoms with van der Waals surface area (Å²) in [6.45, 7) is 8.97. The Morgan fingerprint density at radius 3 is 2.62 bits per heavy atom. The van der Waals surface area contributed by atoms with Crippen LogP contribution in [0.15, 0.2) is 82.6 Å². The van der Waals surface area contributed by atoms with Crippen molar-refractivity contribution in [1.29, 1.82) is 0 Å². The molecule has 3 aromatic carbocycles. The first kappa shape index (κ1) is 27.2. The Hall–Kier alpha value is -3.35. The van der Waals surface area contributed by atoms with Gasteiger partial charge in [-0.2, -0.15) is 0 Å². The predicted octanol–water partition coefficient (Wildman–Crippen LogP) is 6.53. The van der Waals surface area contributed by atoms with E-state index in [9.17, 15) is 9.59 Å². The molecule has 1 atom stereocenters. The monoisotopic (exact) mass is 539 g/mol. The molecule has 6 heteroatoms. The molecule has 2 amide bonds. The lowest BCUT2D eigenvalue weighted by molar-refractivity contribution is -0.114. The highest BCUT2D eigenvalue weighted by Crippen LogP contribution is 2.42. The Balaban J connectivity index is 1.23. The molecular weight excluding hydrogens is 502 g/mol. The predicted molar refractivity (Wildman–Crippen MR) is 161 cm³/mol. The van der Waals surface area contributed by atoms with Crippen LogP contribution < -0.4 is 10.2 Å². The molecule has 0 saturated carbocycles. The van der Waals surface area contributed by atoms with E-state index in [4.69, 9.17) is 0 Å². The fraction of sp³-hybridized carbons (Fsp3) is 0.333. The van der Waals surface area contributed by atoms with E-state index in [1.807, 2.05) is 65.6 Å². The molecule has 0 aromatic heterocycles. The Morgan fingerprint density at radius 2 is 1.82 bits per heavy atom. The third-order valence-electron chi connectivity index (χ3n) is 7.57. The number of anilines is 1. The molecule has 39 heavy (non-hydrogen) atoms. The third-order valence-corrected chi connectivity index (χ3v) is 8.65. The van der Waals surface area contributed by atoms with Gasteiger partial charge in [-0.15, -0.1) is 0 Å². The normalized spacial score (nSPS) is 18.7. The van der Waals surface area contributed by atoms with Gasteiger partial charge in [-0.05, 0) is 92.2 Å². The first-order valence-electron chi connectivity index (χ1n) is 13.9. The van der Waals surface area contributed by atoms with Crippen molar-refractivity contribution in [2.45, 2.75) is 44.6 Å². The molecule has 202 valence electrons. The van der Waals surface area contributed by atoms with Crippen LogP contribution in [0, 0.1) is 12.8 Å². The van der Waals surface area contributed by atoms with Crippen molar-refractivity contribution in [2.24, 2.45) is 5.92 Å². The molecule has 0 aliphatic carbocycles. The molecule has 3 aromatic rings. The zero-order chi connectivity index (χ0) is 27.2. The second-order valence-electron chi connectivity index (χ2n) is 10.7. The number of thioether (sulfide) groups is 1. The average Bonchev–Trinajstić information content (AvgIpc) is 2.94. The summed E-state index contributed by atoms with van der Waals surface area (Å²) in [5.41, 5.74) is 4.78. The van der Waals surface area contributed by atoms with E-state index < -0.39 is 0 Å². The van der Waals surface area contributed by atoms with Crippen molar-refractivity contribution < 1.29 is 9.59 Å². The van der Waals surface area contributed by atoms with Gasteiger partial charge in [0.15, 0.2) is 0 Å². The van der Waals surface area contributed by atoms with Crippen LogP contribution in [0.3, 0.4) is 0 Å². The van der Waals surface area contributed by atoms with Crippen LogP contribution in [0.5, 0.6) is 0 Å². The second-order valence-corrected chi connectivity index (χ2v) is 11.8. The fourth-order valence-electron chi connectivity index (χ4n) is 5.36. The van der Waals surface area contributed by atoms with Crippen LogP contribution in [-0.2, 0) is 11.3 Å². The van der Waals surface area contributed by atoms with Crippen LogP contribution in [0.25, 0.3) is 6.08 Å². The summed E-state index contributed by atoms with van der Waals surface area (Å²) >= 11 is 1.50. The van der Waals surface area contributed by atoms with Gasteiger partial charge in [0, 0.05) is 23.5 Å². The van der Waals surface area contributed by atoms with Gasteiger partial charge in [0.05, 0.1) is 17.1 Å². The number of carbonyl (C=O) groups is 2. The molecule has 0 unspecified atom stereocenters. The number of benzene rings is 3. The standard InChI is InChI=1S/C33H37N3O2S/c1-24-9-7-19-35(22-24)20-8-18-34-32(37)27-16-14-26(15-17-27)21-31-33(38)36(23-28-11-4-3-10-25(28)2)29-12-5-6-13-30(29)39-31/h3-6,10-17,21,24H,7-9,18-20,22-23H2,1-2H3,(H,34,37)/b31-21+/t24-/m1/s1. The first-order valence-corrected chi connectivity index (χ1v) is 14.7. The van der Waals surface area contributed by atoms with Crippen molar-refractivity contribution in [1.82, 2.24) is 10.2 Å². The minimum atomic E-state index is -0.0531. The van der Waals surface area contributed by atoms with Gasteiger partial charge < -0.3 is 15.1 Å². The lowest BCUT2D eigenvalue weighted by Crippen LogP contribution is -2.36. The highest BCUT2D eigenvalue weighted by atomic mass is 32.2. The zero-order valence-electron chi connectivity index (χ0n) is 22.9. The summed E-state index contributed by atoms with van der Waals surface area (Å²) < 4.78 is 0. The topological polar surface area (TPSA) is 52.7 Å². The lowest BCUT2D eigenvalue weighted by Gasteiger charge is -2.31. The molecule has 0 bridgehead atoms. The van der Waals surface area contributed by atoms with Crippen LogP contribution in [0.1, 0.15) is 53.2 Å². The minimum Gasteiger partial charge on any atom is -0.352 e. The van der Waals surface area contributed by atoms with E-state index in [2.05, 4.69) is 42.3 Å². The SMILES string of the molecule is Cc1ccccc1CN1C(=O)/C(=C\c2ccc(C(=O)NCCCN3CCC[C@@H](C)C3)cc2)Sc2ccccc21. The minimum absolute atomic E-state index is 0.00753. The Labute approximate surface area is 236 Å². The van der Waals surface area contributed by atoms with Crippen LogP contribution in [-0.4, -0.2) is 42.9 Å². The molecule has 1 saturated heterocycles. The van der Waals surface area contributed by atoms with E-state index in [0.29, 0.717) is 23.6 Å². The third kappa shape index (κ3) is 6.81. The number of hydrogen-bond acceptors (Lipinski definition) is 4. The summed E-state index contributed by atoms with van der Waals surface area (Å²) in [4.78, 5) is 32.4. The van der Waals surface area contributed by atoms with E-state index in [1.54, 1.807) is 0 Å². The summed E-state index contributed by atoms with van der Waals surface area (Å²) in [6, 6.07) is 23.7. The van der Waals surface area contributed by atoms with Crippen molar-refractivity contribution >= 4 is 35.3 Å². The van der Waals surface area contributed by atoms with Gasteiger partial charge in [0.2, 0.25) is 0 Å². The second kappa shape index (κ2) is 12.7. The number of likely N-dealkylation sites (tertiary alicyclic amines) is 1. The van der Waals surface area contributed by atoms with Gasteiger partial charge in [0.1, 0.15) is 0 Å². The Kier molecular flexibility index (Phi) is 8.84. The lowest BCUT2D eigenvalue weighted by atomic mass is 10.0. The van der Waals surface area contributed by atoms with Gasteiger partial charge in [-0.3, -0.25) is 9.59 Å². The maximum atomic E-state index is 13.6. The van der Waals surface area contributed by atoms with Crippen molar-refractivity contribution in [3.63, 3.8) is 0 Å². The smallest absolute Gasteiger partial charge is 0.265 e. The number of piperidine rings is 1. The van der Waals surface area contributed by atoms with E-state index in [1.165, 1.54) is 43.3 Å². The number of para-hydroxylation sites is 1. The average molecular weight is 540 g/mol.